The maximum absolute atomic E-state index is 13.3. The minimum absolute atomic E-state index is 0.158. The number of carbonyl (C=O) groups is 4. The molecule has 2 aliphatic rings. The molecule has 0 spiro atoms. The molecule has 0 bridgehead atoms. The second-order valence-electron chi connectivity index (χ2n) is 12.2. The molecule has 4 aromatic carbocycles. The average Bonchev–Trinajstić information content (AvgIpc) is 3.18. The van der Waals surface area contributed by atoms with Crippen molar-refractivity contribution < 1.29 is 28.7 Å². The number of hydrogen-bond acceptors (Lipinski definition) is 12. The number of anilines is 4. The van der Waals surface area contributed by atoms with E-state index >= 15 is 0 Å². The van der Waals surface area contributed by atoms with Crippen molar-refractivity contribution in [3.05, 3.63) is 97.1 Å². The average molecular weight is 803 g/mol. The van der Waals surface area contributed by atoms with Crippen molar-refractivity contribution in [2.75, 3.05) is 47.6 Å². The van der Waals surface area contributed by atoms with Crippen LogP contribution in [0.15, 0.2) is 117 Å². The first-order chi connectivity index (χ1) is 26.4. The summed E-state index contributed by atoms with van der Waals surface area (Å²) in [6, 6.07) is 30.6. The van der Waals surface area contributed by atoms with Crippen molar-refractivity contribution >= 4 is 91.6 Å². The van der Waals surface area contributed by atoms with E-state index in [0.29, 0.717) is 13.1 Å². The predicted octanol–water partition coefficient (Wildman–Crippen LogP) is 7.85. The van der Waals surface area contributed by atoms with Crippen LogP contribution in [0.3, 0.4) is 0 Å². The van der Waals surface area contributed by atoms with Crippen LogP contribution < -0.4 is 20.4 Å². The second kappa shape index (κ2) is 19.4. The van der Waals surface area contributed by atoms with E-state index in [1.54, 1.807) is 37.4 Å². The molecule has 10 nitrogen and oxygen atoms in total. The number of fused-ring (bicyclic) bond motifs is 4. The van der Waals surface area contributed by atoms with E-state index < -0.39 is 24.0 Å². The maximum Gasteiger partial charge on any atom is 0.329 e. The second-order valence-corrected chi connectivity index (χ2v) is 16.9. The Bertz CT molecular complexity index is 1730. The van der Waals surface area contributed by atoms with Crippen LogP contribution in [0, 0.1) is 0 Å². The highest BCUT2D eigenvalue weighted by Gasteiger charge is 2.28. The standard InChI is InChI=1S/C40H42N4O6S4/c1-3-49-39(47)27(41-37(45)21-23-43-29-13-5-9-17-33(29)53-34-18-10-6-14-30(34)43)25-51-52-26-28(40(48)50-4-2)42-38(46)22-24-44-31-15-7-11-19-35(31)54-36-20-12-8-16-32(36)44/h5-20,27-28H,3-4,21-26H2,1-2H3,(H,41,45)(H,42,46)/t27-,28-/m0/s1. The highest BCUT2D eigenvalue weighted by Crippen LogP contribution is 2.49. The number of rotatable bonds is 17. The zero-order valence-electron chi connectivity index (χ0n) is 30.0. The first-order valence-corrected chi connectivity index (χ1v) is 21.9. The van der Waals surface area contributed by atoms with Crippen LogP contribution in [0.5, 0.6) is 0 Å². The van der Waals surface area contributed by atoms with Crippen LogP contribution in [0.4, 0.5) is 22.7 Å². The quantitative estimate of drug-likeness (QED) is 0.0616. The van der Waals surface area contributed by atoms with Crippen molar-refractivity contribution in [1.29, 1.82) is 0 Å². The predicted molar refractivity (Wildman–Crippen MR) is 219 cm³/mol. The van der Waals surface area contributed by atoms with E-state index in [4.69, 9.17) is 9.47 Å². The lowest BCUT2D eigenvalue weighted by molar-refractivity contribution is -0.147. The summed E-state index contributed by atoms with van der Waals surface area (Å²) in [5.41, 5.74) is 4.14. The van der Waals surface area contributed by atoms with Gasteiger partial charge in [-0.2, -0.15) is 0 Å². The van der Waals surface area contributed by atoms with E-state index in [-0.39, 0.29) is 49.4 Å². The van der Waals surface area contributed by atoms with Gasteiger partial charge in [-0.25, -0.2) is 9.59 Å². The molecule has 0 fully saturated rings. The van der Waals surface area contributed by atoms with Crippen LogP contribution in [-0.2, 0) is 28.7 Å². The molecule has 14 heteroatoms. The fraction of sp³-hybridized carbons (Fsp3) is 0.300. The first-order valence-electron chi connectivity index (χ1n) is 17.8. The molecule has 2 amide bonds. The fourth-order valence-electron chi connectivity index (χ4n) is 6.06. The van der Waals surface area contributed by atoms with Gasteiger partial charge >= 0.3 is 11.9 Å². The number of para-hydroxylation sites is 4. The maximum atomic E-state index is 13.3. The number of amides is 2. The zero-order chi connectivity index (χ0) is 37.9. The molecular weight excluding hydrogens is 761 g/mol. The minimum Gasteiger partial charge on any atom is -0.464 e. The highest BCUT2D eigenvalue weighted by atomic mass is 33.1. The van der Waals surface area contributed by atoms with Gasteiger partial charge in [0.15, 0.2) is 0 Å². The summed E-state index contributed by atoms with van der Waals surface area (Å²) in [5, 5.41) is 5.74. The lowest BCUT2D eigenvalue weighted by Gasteiger charge is -2.32. The molecule has 0 radical (unpaired) electrons. The normalized spacial score (nSPS) is 13.7. The van der Waals surface area contributed by atoms with Gasteiger partial charge in [0, 0.05) is 57.0 Å². The number of benzene rings is 4. The third-order valence-electron chi connectivity index (χ3n) is 8.55. The monoisotopic (exact) mass is 802 g/mol. The summed E-state index contributed by atoms with van der Waals surface area (Å²) >= 11 is 3.40. The van der Waals surface area contributed by atoms with E-state index in [1.165, 1.54) is 21.6 Å². The van der Waals surface area contributed by atoms with Gasteiger partial charge in [-0.05, 0) is 62.4 Å². The molecule has 2 aliphatic heterocycles. The minimum atomic E-state index is -0.893. The Kier molecular flexibility index (Phi) is 14.2. The highest BCUT2D eigenvalue weighted by molar-refractivity contribution is 8.76. The summed E-state index contributed by atoms with van der Waals surface area (Å²) in [5.74, 6) is -1.20. The van der Waals surface area contributed by atoms with Crippen molar-refractivity contribution in [3.8, 4) is 0 Å². The van der Waals surface area contributed by atoms with Crippen molar-refractivity contribution in [3.63, 3.8) is 0 Å². The van der Waals surface area contributed by atoms with Crippen LogP contribution in [0.1, 0.15) is 26.7 Å². The Hall–Kier alpha value is -4.24. The molecule has 282 valence electrons. The van der Waals surface area contributed by atoms with Crippen molar-refractivity contribution in [1.82, 2.24) is 10.6 Å². The largest absolute Gasteiger partial charge is 0.464 e. The van der Waals surface area contributed by atoms with Crippen LogP contribution in [0.25, 0.3) is 0 Å². The van der Waals surface area contributed by atoms with Crippen LogP contribution >= 0.6 is 45.1 Å². The Morgan fingerprint density at radius 2 is 0.870 bits per heavy atom. The van der Waals surface area contributed by atoms with E-state index in [0.717, 1.165) is 42.3 Å². The van der Waals surface area contributed by atoms with Gasteiger partial charge in [0.25, 0.3) is 0 Å². The molecule has 6 rings (SSSR count). The van der Waals surface area contributed by atoms with Gasteiger partial charge in [0.1, 0.15) is 12.1 Å². The summed E-state index contributed by atoms with van der Waals surface area (Å²) in [6.45, 7) is 4.63. The van der Waals surface area contributed by atoms with E-state index in [1.807, 2.05) is 72.8 Å². The summed E-state index contributed by atoms with van der Waals surface area (Å²) < 4.78 is 10.6. The lowest BCUT2D eigenvalue weighted by Crippen LogP contribution is -2.45. The molecule has 2 N–H and O–H groups in total. The summed E-state index contributed by atoms with van der Waals surface area (Å²) in [7, 11) is 2.63. The molecule has 0 unspecified atom stereocenters. The number of nitrogens with zero attached hydrogens (tertiary/aromatic N) is 2. The van der Waals surface area contributed by atoms with Gasteiger partial charge in [0.2, 0.25) is 11.8 Å². The van der Waals surface area contributed by atoms with Crippen LogP contribution in [-0.4, -0.2) is 73.6 Å². The number of carbonyl (C=O) groups excluding carboxylic acids is 4. The molecule has 2 heterocycles. The molecule has 54 heavy (non-hydrogen) atoms. The van der Waals surface area contributed by atoms with E-state index in [9.17, 15) is 19.2 Å². The first kappa shape index (κ1) is 39.5. The fourth-order valence-corrected chi connectivity index (χ4v) is 10.5. The molecular formula is C40H42N4O6S4. The van der Waals surface area contributed by atoms with Gasteiger partial charge in [-0.3, -0.25) is 9.59 Å². The SMILES string of the molecule is CCOC(=O)[C@H](CSSC[C@H](NC(=O)CCN1c2ccccc2Sc2ccccc21)C(=O)OCC)NC(=O)CCN1c2ccccc2Sc2ccccc21. The Morgan fingerprint density at radius 1 is 0.556 bits per heavy atom. The Balaban J connectivity index is 1.02. The molecule has 0 saturated carbocycles. The Morgan fingerprint density at radius 3 is 1.19 bits per heavy atom. The lowest BCUT2D eigenvalue weighted by atomic mass is 10.2. The molecule has 0 aliphatic carbocycles. The third kappa shape index (κ3) is 9.89. The van der Waals surface area contributed by atoms with Gasteiger partial charge in [-0.1, -0.05) is 93.6 Å². The van der Waals surface area contributed by atoms with Crippen molar-refractivity contribution in [2.24, 2.45) is 0 Å². The number of hydrogen-bond donors (Lipinski definition) is 2. The number of ether oxygens (including phenoxy) is 2. The van der Waals surface area contributed by atoms with Crippen molar-refractivity contribution in [2.45, 2.75) is 58.4 Å². The van der Waals surface area contributed by atoms with Crippen LogP contribution in [0.2, 0.25) is 0 Å². The topological polar surface area (TPSA) is 117 Å². The molecule has 4 aromatic rings. The summed E-state index contributed by atoms with van der Waals surface area (Å²) in [6.07, 6.45) is 0.316. The number of esters is 2. The Labute approximate surface area is 332 Å². The molecule has 0 saturated heterocycles. The summed E-state index contributed by atoms with van der Waals surface area (Å²) in [4.78, 5) is 61.2. The third-order valence-corrected chi connectivity index (χ3v) is 13.2. The van der Waals surface area contributed by atoms with Gasteiger partial charge in [-0.15, -0.1) is 0 Å². The smallest absolute Gasteiger partial charge is 0.329 e. The molecule has 2 atom stereocenters. The van der Waals surface area contributed by atoms with Gasteiger partial charge in [0.05, 0.1) is 36.0 Å². The zero-order valence-corrected chi connectivity index (χ0v) is 33.3. The van der Waals surface area contributed by atoms with E-state index in [2.05, 4.69) is 44.7 Å². The van der Waals surface area contributed by atoms with Gasteiger partial charge < -0.3 is 29.9 Å². The molecule has 0 aromatic heterocycles. The number of nitrogens with one attached hydrogen (secondary N) is 2.